The molecule has 0 radical (unpaired) electrons. The van der Waals surface area contributed by atoms with Crippen molar-refractivity contribution in [3.8, 4) is 5.75 Å². The van der Waals surface area contributed by atoms with Crippen LogP contribution in [0.3, 0.4) is 0 Å². The summed E-state index contributed by atoms with van der Waals surface area (Å²) in [6.45, 7) is 2.54. The molecule has 2 aromatic heterocycles. The SMILES string of the molecule is Cc1cc(COc2ccc(C3(c4cccs4)CC(CCO)=NO3)cc2)c2ccccc2n1. The highest BCUT2D eigenvalue weighted by Gasteiger charge is 2.43. The van der Waals surface area contributed by atoms with Gasteiger partial charge >= 0.3 is 0 Å². The van der Waals surface area contributed by atoms with E-state index in [0.717, 1.165) is 44.1 Å². The van der Waals surface area contributed by atoms with Crippen molar-refractivity contribution in [1.29, 1.82) is 0 Å². The van der Waals surface area contributed by atoms with Gasteiger partial charge in [0.1, 0.15) is 12.4 Å². The Labute approximate surface area is 191 Å². The number of fused-ring (bicyclic) bond motifs is 1. The van der Waals surface area contributed by atoms with Crippen LogP contribution in [0.15, 0.2) is 77.3 Å². The summed E-state index contributed by atoms with van der Waals surface area (Å²) >= 11 is 1.65. The number of hydrogen-bond donors (Lipinski definition) is 1. The zero-order chi connectivity index (χ0) is 22.0. The monoisotopic (exact) mass is 444 g/mol. The predicted molar refractivity (Wildman–Crippen MR) is 127 cm³/mol. The molecule has 0 amide bonds. The van der Waals surface area contributed by atoms with E-state index in [2.05, 4.69) is 28.3 Å². The second kappa shape index (κ2) is 8.73. The van der Waals surface area contributed by atoms with Crippen LogP contribution in [0.1, 0.15) is 34.5 Å². The van der Waals surface area contributed by atoms with E-state index in [4.69, 9.17) is 9.57 Å². The number of aryl methyl sites for hydroxylation is 1. The predicted octanol–water partition coefficient (Wildman–Crippen LogP) is 5.59. The topological polar surface area (TPSA) is 63.9 Å². The Kier molecular flexibility index (Phi) is 5.64. The number of aromatic nitrogens is 1. The minimum Gasteiger partial charge on any atom is -0.489 e. The second-order valence-corrected chi connectivity index (χ2v) is 8.90. The van der Waals surface area contributed by atoms with Crippen LogP contribution < -0.4 is 4.74 Å². The van der Waals surface area contributed by atoms with Crippen LogP contribution in [-0.4, -0.2) is 22.4 Å². The van der Waals surface area contributed by atoms with Crippen LogP contribution in [0.4, 0.5) is 0 Å². The number of thiophene rings is 1. The fourth-order valence-electron chi connectivity index (χ4n) is 4.19. The highest BCUT2D eigenvalue weighted by Crippen LogP contribution is 2.44. The summed E-state index contributed by atoms with van der Waals surface area (Å²) in [5.74, 6) is 0.795. The molecule has 1 aliphatic rings. The van der Waals surface area contributed by atoms with Gasteiger partial charge in [-0.2, -0.15) is 0 Å². The number of aliphatic hydroxyl groups excluding tert-OH is 1. The minimum absolute atomic E-state index is 0.0681. The zero-order valence-electron chi connectivity index (χ0n) is 17.8. The van der Waals surface area contributed by atoms with E-state index >= 15 is 0 Å². The lowest BCUT2D eigenvalue weighted by molar-refractivity contribution is 0.0140. The van der Waals surface area contributed by atoms with Gasteiger partial charge in [0.15, 0.2) is 0 Å². The number of benzene rings is 2. The molecule has 3 heterocycles. The van der Waals surface area contributed by atoms with Crippen molar-refractivity contribution in [1.82, 2.24) is 4.98 Å². The summed E-state index contributed by atoms with van der Waals surface area (Å²) < 4.78 is 6.13. The second-order valence-electron chi connectivity index (χ2n) is 7.96. The van der Waals surface area contributed by atoms with E-state index in [1.54, 1.807) is 11.3 Å². The number of rotatable bonds is 7. The molecule has 5 nitrogen and oxygen atoms in total. The lowest BCUT2D eigenvalue weighted by Crippen LogP contribution is -2.26. The molecule has 1 unspecified atom stereocenters. The number of nitrogens with zero attached hydrogens (tertiary/aromatic N) is 2. The molecular weight excluding hydrogens is 420 g/mol. The van der Waals surface area contributed by atoms with Gasteiger partial charge in [-0.3, -0.25) is 4.98 Å². The van der Waals surface area contributed by atoms with Gasteiger partial charge in [0.05, 0.1) is 16.1 Å². The van der Waals surface area contributed by atoms with Gasteiger partial charge in [-0.15, -0.1) is 11.3 Å². The molecule has 0 saturated heterocycles. The van der Waals surface area contributed by atoms with Gasteiger partial charge in [-0.05, 0) is 42.6 Å². The molecule has 4 aromatic rings. The zero-order valence-corrected chi connectivity index (χ0v) is 18.6. The van der Waals surface area contributed by atoms with Crippen LogP contribution in [-0.2, 0) is 17.0 Å². The van der Waals surface area contributed by atoms with E-state index < -0.39 is 5.60 Å². The highest BCUT2D eigenvalue weighted by molar-refractivity contribution is 7.10. The third-order valence-corrected chi connectivity index (χ3v) is 6.76. The first-order valence-corrected chi connectivity index (χ1v) is 11.5. The Morgan fingerprint density at radius 1 is 1.09 bits per heavy atom. The molecule has 162 valence electrons. The molecule has 6 heteroatoms. The number of ether oxygens (including phenoxy) is 1. The van der Waals surface area contributed by atoms with Gasteiger partial charge < -0.3 is 14.7 Å². The molecule has 32 heavy (non-hydrogen) atoms. The summed E-state index contributed by atoms with van der Waals surface area (Å²) in [4.78, 5) is 11.7. The molecule has 5 rings (SSSR count). The normalized spacial score (nSPS) is 17.9. The Bertz CT molecular complexity index is 1250. The summed E-state index contributed by atoms with van der Waals surface area (Å²) in [5.41, 5.74) is 4.34. The molecular formula is C26H24N2O3S. The van der Waals surface area contributed by atoms with Crippen molar-refractivity contribution >= 4 is 28.0 Å². The molecule has 1 aliphatic heterocycles. The average molecular weight is 445 g/mol. The Balaban J connectivity index is 1.37. The molecule has 0 fully saturated rings. The Hall–Kier alpha value is -3.22. The maximum Gasteiger partial charge on any atom is 0.202 e. The quantitative estimate of drug-likeness (QED) is 0.404. The van der Waals surface area contributed by atoms with Crippen LogP contribution in [0, 0.1) is 6.92 Å². The Morgan fingerprint density at radius 2 is 1.94 bits per heavy atom. The van der Waals surface area contributed by atoms with Gasteiger partial charge in [-0.25, -0.2) is 0 Å². The average Bonchev–Trinajstić information content (AvgIpc) is 3.49. The first-order chi connectivity index (χ1) is 15.7. The number of para-hydroxylation sites is 1. The number of oxime groups is 1. The summed E-state index contributed by atoms with van der Waals surface area (Å²) in [7, 11) is 0. The van der Waals surface area contributed by atoms with Gasteiger partial charge in [0, 0.05) is 41.7 Å². The van der Waals surface area contributed by atoms with E-state index in [-0.39, 0.29) is 6.61 Å². The van der Waals surface area contributed by atoms with Crippen molar-refractivity contribution in [2.75, 3.05) is 6.61 Å². The molecule has 0 spiro atoms. The molecule has 0 saturated carbocycles. The molecule has 0 aliphatic carbocycles. The van der Waals surface area contributed by atoms with Gasteiger partial charge in [-0.1, -0.05) is 41.6 Å². The lowest BCUT2D eigenvalue weighted by atomic mass is 9.87. The largest absolute Gasteiger partial charge is 0.489 e. The van der Waals surface area contributed by atoms with Crippen LogP contribution >= 0.6 is 11.3 Å². The van der Waals surface area contributed by atoms with Crippen molar-refractivity contribution < 1.29 is 14.7 Å². The molecule has 2 aromatic carbocycles. The third kappa shape index (κ3) is 3.87. The number of pyridine rings is 1. The minimum atomic E-state index is -0.643. The lowest BCUT2D eigenvalue weighted by Gasteiger charge is -2.26. The van der Waals surface area contributed by atoms with Crippen LogP contribution in [0.5, 0.6) is 5.75 Å². The summed E-state index contributed by atoms with van der Waals surface area (Å²) in [6.07, 6.45) is 1.16. The van der Waals surface area contributed by atoms with Gasteiger partial charge in [0.2, 0.25) is 5.60 Å². The van der Waals surface area contributed by atoms with Crippen molar-refractivity contribution in [3.63, 3.8) is 0 Å². The molecule has 1 atom stereocenters. The van der Waals surface area contributed by atoms with E-state index in [0.29, 0.717) is 19.4 Å². The van der Waals surface area contributed by atoms with Crippen molar-refractivity contribution in [2.45, 2.75) is 32.0 Å². The fourth-order valence-corrected chi connectivity index (χ4v) is 5.07. The number of hydrogen-bond acceptors (Lipinski definition) is 6. The van der Waals surface area contributed by atoms with Gasteiger partial charge in [0.25, 0.3) is 0 Å². The van der Waals surface area contributed by atoms with E-state index in [9.17, 15) is 5.11 Å². The highest BCUT2D eigenvalue weighted by atomic mass is 32.1. The molecule has 1 N–H and O–H groups in total. The van der Waals surface area contributed by atoms with Crippen LogP contribution in [0.2, 0.25) is 0 Å². The number of aliphatic hydroxyl groups is 1. The first kappa shape index (κ1) is 20.7. The maximum absolute atomic E-state index is 9.32. The van der Waals surface area contributed by atoms with Crippen LogP contribution in [0.25, 0.3) is 10.9 Å². The Morgan fingerprint density at radius 3 is 2.72 bits per heavy atom. The summed E-state index contributed by atoms with van der Waals surface area (Å²) in [6, 6.07) is 22.4. The van der Waals surface area contributed by atoms with E-state index in [1.165, 1.54) is 0 Å². The smallest absolute Gasteiger partial charge is 0.202 e. The fraction of sp³-hybridized carbons (Fsp3) is 0.231. The van der Waals surface area contributed by atoms with Crippen molar-refractivity contribution in [2.24, 2.45) is 5.16 Å². The maximum atomic E-state index is 9.32. The summed E-state index contributed by atoms with van der Waals surface area (Å²) in [5, 5.41) is 16.7. The third-order valence-electron chi connectivity index (χ3n) is 5.75. The standard InChI is InChI=1S/C26H24N2O3S/c1-18-15-19(23-5-2-3-6-24(23)27-18)17-30-22-10-8-20(9-11-22)26(25-7-4-14-32-25)16-21(12-13-29)28-31-26/h2-11,14-15,29H,12-13,16-17H2,1H3. The van der Waals surface area contributed by atoms with Crippen molar-refractivity contribution in [3.05, 3.63) is 93.8 Å². The molecule has 0 bridgehead atoms. The van der Waals surface area contributed by atoms with E-state index in [1.807, 2.05) is 60.8 Å². The first-order valence-electron chi connectivity index (χ1n) is 10.7.